The molecule has 18 heavy (non-hydrogen) atoms. The van der Waals surface area contributed by atoms with Gasteiger partial charge in [0.1, 0.15) is 0 Å². The summed E-state index contributed by atoms with van der Waals surface area (Å²) in [6, 6.07) is 10.3. The first-order chi connectivity index (χ1) is 8.54. The summed E-state index contributed by atoms with van der Waals surface area (Å²) in [5.41, 5.74) is 3.92. The fourth-order valence-corrected chi connectivity index (χ4v) is 2.14. The van der Waals surface area contributed by atoms with E-state index >= 15 is 0 Å². The average Bonchev–Trinajstić information content (AvgIpc) is 2.36. The molecule has 1 aromatic carbocycles. The SMILES string of the molecule is CC(C)c1cc(C#N)c2cccc(C(C)C)c2n1. The van der Waals surface area contributed by atoms with Gasteiger partial charge in [-0.25, -0.2) is 0 Å². The van der Waals surface area contributed by atoms with Crippen molar-refractivity contribution in [3.05, 3.63) is 41.1 Å². The lowest BCUT2D eigenvalue weighted by Crippen LogP contribution is -1.99. The quantitative estimate of drug-likeness (QED) is 0.779. The zero-order valence-corrected chi connectivity index (χ0v) is 11.4. The highest BCUT2D eigenvalue weighted by Gasteiger charge is 2.12. The lowest BCUT2D eigenvalue weighted by atomic mass is 9.96. The topological polar surface area (TPSA) is 36.7 Å². The Morgan fingerprint density at radius 3 is 2.39 bits per heavy atom. The fraction of sp³-hybridized carbons (Fsp3) is 0.375. The Bertz CT molecular complexity index is 619. The molecule has 2 aromatic rings. The summed E-state index contributed by atoms with van der Waals surface area (Å²) in [7, 11) is 0. The van der Waals surface area contributed by atoms with E-state index in [1.807, 2.05) is 18.2 Å². The predicted molar refractivity (Wildman–Crippen MR) is 74.6 cm³/mol. The number of fused-ring (bicyclic) bond motifs is 1. The minimum absolute atomic E-state index is 0.335. The summed E-state index contributed by atoms with van der Waals surface area (Å²) < 4.78 is 0. The smallest absolute Gasteiger partial charge is 0.0999 e. The number of hydrogen-bond donors (Lipinski definition) is 0. The molecule has 0 N–H and O–H groups in total. The van der Waals surface area contributed by atoms with Crippen LogP contribution in [0.1, 0.15) is 56.4 Å². The highest BCUT2D eigenvalue weighted by Crippen LogP contribution is 2.28. The van der Waals surface area contributed by atoms with E-state index in [9.17, 15) is 5.26 Å². The van der Waals surface area contributed by atoms with E-state index in [-0.39, 0.29) is 0 Å². The van der Waals surface area contributed by atoms with Gasteiger partial charge in [0.05, 0.1) is 17.1 Å². The van der Waals surface area contributed by atoms with E-state index in [1.54, 1.807) is 0 Å². The van der Waals surface area contributed by atoms with Gasteiger partial charge in [-0.05, 0) is 23.5 Å². The molecule has 92 valence electrons. The number of pyridine rings is 1. The van der Waals surface area contributed by atoms with E-state index in [0.717, 1.165) is 22.2 Å². The van der Waals surface area contributed by atoms with Gasteiger partial charge in [0, 0.05) is 11.1 Å². The van der Waals surface area contributed by atoms with Gasteiger partial charge in [0.2, 0.25) is 0 Å². The number of nitrogens with zero attached hydrogens (tertiary/aromatic N) is 2. The highest BCUT2D eigenvalue weighted by molar-refractivity contribution is 5.87. The molecule has 0 saturated carbocycles. The third-order valence-corrected chi connectivity index (χ3v) is 3.22. The first-order valence-electron chi connectivity index (χ1n) is 6.38. The van der Waals surface area contributed by atoms with Crippen LogP contribution in [0.2, 0.25) is 0 Å². The predicted octanol–water partition coefficient (Wildman–Crippen LogP) is 4.35. The second-order valence-corrected chi connectivity index (χ2v) is 5.26. The molecule has 0 aliphatic carbocycles. The van der Waals surface area contributed by atoms with Gasteiger partial charge in [-0.1, -0.05) is 45.9 Å². The lowest BCUT2D eigenvalue weighted by Gasteiger charge is -2.13. The number of benzene rings is 1. The molecule has 0 unspecified atom stereocenters. The van der Waals surface area contributed by atoms with Crippen molar-refractivity contribution in [2.75, 3.05) is 0 Å². The van der Waals surface area contributed by atoms with Crippen molar-refractivity contribution in [3.8, 4) is 6.07 Å². The van der Waals surface area contributed by atoms with Crippen LogP contribution in [-0.4, -0.2) is 4.98 Å². The maximum atomic E-state index is 9.29. The molecule has 2 rings (SSSR count). The largest absolute Gasteiger partial charge is 0.252 e. The average molecular weight is 238 g/mol. The van der Waals surface area contributed by atoms with Gasteiger partial charge in [-0.3, -0.25) is 4.98 Å². The first-order valence-corrected chi connectivity index (χ1v) is 6.38. The van der Waals surface area contributed by atoms with Crippen LogP contribution < -0.4 is 0 Å². The van der Waals surface area contributed by atoms with Crippen molar-refractivity contribution in [1.29, 1.82) is 5.26 Å². The maximum absolute atomic E-state index is 9.29. The Balaban J connectivity index is 2.85. The lowest BCUT2D eigenvalue weighted by molar-refractivity contribution is 0.823. The zero-order chi connectivity index (χ0) is 13.3. The molecule has 0 amide bonds. The molecule has 0 aliphatic heterocycles. The standard InChI is InChI=1S/C16H18N2/c1-10(2)13-6-5-7-14-12(9-17)8-15(11(3)4)18-16(13)14/h5-8,10-11H,1-4H3. The van der Waals surface area contributed by atoms with Crippen molar-refractivity contribution in [3.63, 3.8) is 0 Å². The van der Waals surface area contributed by atoms with Crippen LogP contribution in [0.25, 0.3) is 10.9 Å². The maximum Gasteiger partial charge on any atom is 0.0999 e. The first kappa shape index (κ1) is 12.6. The summed E-state index contributed by atoms with van der Waals surface area (Å²) in [5, 5.41) is 10.3. The number of para-hydroxylation sites is 1. The van der Waals surface area contributed by atoms with Crippen LogP contribution in [0.15, 0.2) is 24.3 Å². The zero-order valence-electron chi connectivity index (χ0n) is 11.4. The second kappa shape index (κ2) is 4.78. The molecular weight excluding hydrogens is 220 g/mol. The molecule has 0 bridgehead atoms. The summed E-state index contributed by atoms with van der Waals surface area (Å²) in [6.45, 7) is 8.52. The Labute approximate surface area is 108 Å². The molecule has 0 radical (unpaired) electrons. The van der Waals surface area contributed by atoms with E-state index in [2.05, 4.69) is 39.8 Å². The van der Waals surface area contributed by atoms with E-state index in [0.29, 0.717) is 11.8 Å². The van der Waals surface area contributed by atoms with E-state index < -0.39 is 0 Å². The minimum atomic E-state index is 0.335. The number of rotatable bonds is 2. The third kappa shape index (κ3) is 2.09. The van der Waals surface area contributed by atoms with Gasteiger partial charge < -0.3 is 0 Å². The molecule has 1 heterocycles. The summed E-state index contributed by atoms with van der Waals surface area (Å²) >= 11 is 0. The second-order valence-electron chi connectivity index (χ2n) is 5.26. The van der Waals surface area contributed by atoms with E-state index in [1.165, 1.54) is 5.56 Å². The number of hydrogen-bond acceptors (Lipinski definition) is 2. The van der Waals surface area contributed by atoms with Gasteiger partial charge in [0.25, 0.3) is 0 Å². The van der Waals surface area contributed by atoms with Crippen molar-refractivity contribution < 1.29 is 0 Å². The Hall–Kier alpha value is -1.88. The highest BCUT2D eigenvalue weighted by atomic mass is 14.7. The van der Waals surface area contributed by atoms with Crippen LogP contribution in [0.4, 0.5) is 0 Å². The Morgan fingerprint density at radius 2 is 1.83 bits per heavy atom. The molecule has 2 heteroatoms. The minimum Gasteiger partial charge on any atom is -0.252 e. The van der Waals surface area contributed by atoms with Gasteiger partial charge >= 0.3 is 0 Å². The van der Waals surface area contributed by atoms with Crippen molar-refractivity contribution in [2.24, 2.45) is 0 Å². The molecular formula is C16H18N2. The van der Waals surface area contributed by atoms with Crippen molar-refractivity contribution in [2.45, 2.75) is 39.5 Å². The molecule has 0 aliphatic rings. The summed E-state index contributed by atoms with van der Waals surface area (Å²) in [6.07, 6.45) is 0. The summed E-state index contributed by atoms with van der Waals surface area (Å²) in [5.74, 6) is 0.747. The van der Waals surface area contributed by atoms with Crippen LogP contribution in [0.5, 0.6) is 0 Å². The summed E-state index contributed by atoms with van der Waals surface area (Å²) in [4.78, 5) is 4.75. The third-order valence-electron chi connectivity index (χ3n) is 3.22. The normalized spacial score (nSPS) is 11.2. The van der Waals surface area contributed by atoms with Crippen LogP contribution in [0, 0.1) is 11.3 Å². The van der Waals surface area contributed by atoms with Crippen LogP contribution in [-0.2, 0) is 0 Å². The van der Waals surface area contributed by atoms with Crippen LogP contribution in [0.3, 0.4) is 0 Å². The number of aromatic nitrogens is 1. The van der Waals surface area contributed by atoms with Crippen LogP contribution >= 0.6 is 0 Å². The van der Waals surface area contributed by atoms with Crippen molar-refractivity contribution >= 4 is 10.9 Å². The fourth-order valence-electron chi connectivity index (χ4n) is 2.14. The molecule has 0 saturated heterocycles. The van der Waals surface area contributed by atoms with E-state index in [4.69, 9.17) is 4.98 Å². The van der Waals surface area contributed by atoms with Crippen molar-refractivity contribution in [1.82, 2.24) is 4.98 Å². The molecule has 1 aromatic heterocycles. The Kier molecular flexibility index (Phi) is 3.34. The molecule has 0 atom stereocenters. The monoisotopic (exact) mass is 238 g/mol. The van der Waals surface area contributed by atoms with Gasteiger partial charge in [-0.2, -0.15) is 5.26 Å². The Morgan fingerprint density at radius 1 is 1.11 bits per heavy atom. The molecule has 2 nitrogen and oxygen atoms in total. The molecule has 0 fully saturated rings. The van der Waals surface area contributed by atoms with Gasteiger partial charge in [0.15, 0.2) is 0 Å². The number of nitriles is 1. The van der Waals surface area contributed by atoms with Gasteiger partial charge in [-0.15, -0.1) is 0 Å². The molecule has 0 spiro atoms.